The largest absolute Gasteiger partial charge is 0.338 e. The minimum absolute atomic E-state index is 0.186. The van der Waals surface area contributed by atoms with Crippen molar-refractivity contribution in [2.24, 2.45) is 5.92 Å². The van der Waals surface area contributed by atoms with Crippen molar-refractivity contribution in [3.8, 4) is 12.3 Å². The van der Waals surface area contributed by atoms with Crippen molar-refractivity contribution in [1.29, 1.82) is 0 Å². The number of carbonyl (C=O) groups is 1. The van der Waals surface area contributed by atoms with Gasteiger partial charge in [-0.2, -0.15) is 0 Å². The molecule has 1 aromatic rings. The third-order valence-electron chi connectivity index (χ3n) is 4.65. The molecule has 0 radical (unpaired) electrons. The Balaban J connectivity index is 1.84. The van der Waals surface area contributed by atoms with Gasteiger partial charge in [0.1, 0.15) is 0 Å². The van der Waals surface area contributed by atoms with E-state index < -0.39 is 10.0 Å². The van der Waals surface area contributed by atoms with Crippen molar-refractivity contribution < 1.29 is 13.2 Å². The average molecular weight is 378 g/mol. The number of hydrogen-bond donors (Lipinski definition) is 1. The molecule has 1 aromatic carbocycles. The minimum Gasteiger partial charge on any atom is -0.338 e. The van der Waals surface area contributed by atoms with Gasteiger partial charge in [-0.25, -0.2) is 17.5 Å². The van der Waals surface area contributed by atoms with Gasteiger partial charge in [0, 0.05) is 26.2 Å². The van der Waals surface area contributed by atoms with Crippen LogP contribution in [-0.4, -0.2) is 56.1 Å². The molecule has 142 valence electrons. The number of terminal acetylenes is 1. The fraction of sp³-hybridized carbons (Fsp3) is 0.526. The highest BCUT2D eigenvalue weighted by molar-refractivity contribution is 7.88. The molecule has 0 atom stereocenters. The summed E-state index contributed by atoms with van der Waals surface area (Å²) in [6.45, 7) is 4.28. The lowest BCUT2D eigenvalue weighted by Crippen LogP contribution is -2.44. The maximum atomic E-state index is 12.5. The lowest BCUT2D eigenvalue weighted by atomic mass is 9.98. The number of aryl methyl sites for hydroxylation is 1. The van der Waals surface area contributed by atoms with Gasteiger partial charge in [0.15, 0.2) is 0 Å². The van der Waals surface area contributed by atoms with Gasteiger partial charge in [0.05, 0.1) is 12.8 Å². The standard InChI is InChI=1S/C19H27N3O3S/c1-4-11-21(15-18-7-5-16(2)6-8-18)19(23)20-14-17-9-12-22(13-10-17)26(3,24)25/h1,5-8,17H,9-15H2,2-3H3,(H,20,23). The zero-order chi connectivity index (χ0) is 19.2. The maximum Gasteiger partial charge on any atom is 0.318 e. The normalized spacial score (nSPS) is 16.0. The van der Waals surface area contributed by atoms with Crippen LogP contribution in [0.4, 0.5) is 4.79 Å². The van der Waals surface area contributed by atoms with E-state index in [0.29, 0.717) is 26.2 Å². The molecule has 26 heavy (non-hydrogen) atoms. The van der Waals surface area contributed by atoms with Gasteiger partial charge >= 0.3 is 6.03 Å². The molecular formula is C19H27N3O3S. The molecule has 0 saturated carbocycles. The SMILES string of the molecule is C#CCN(Cc1ccc(C)cc1)C(=O)NCC1CCN(S(C)(=O)=O)CC1. The second-order valence-corrected chi connectivity index (χ2v) is 8.82. The zero-order valence-electron chi connectivity index (χ0n) is 15.4. The van der Waals surface area contributed by atoms with Gasteiger partial charge < -0.3 is 10.2 Å². The van der Waals surface area contributed by atoms with E-state index in [0.717, 1.165) is 18.4 Å². The summed E-state index contributed by atoms with van der Waals surface area (Å²) in [4.78, 5) is 14.1. The average Bonchev–Trinajstić information content (AvgIpc) is 2.60. The summed E-state index contributed by atoms with van der Waals surface area (Å²) < 4.78 is 24.6. The van der Waals surface area contributed by atoms with Crippen LogP contribution in [0.15, 0.2) is 24.3 Å². The van der Waals surface area contributed by atoms with Crippen LogP contribution in [0.1, 0.15) is 24.0 Å². The van der Waals surface area contributed by atoms with E-state index in [2.05, 4.69) is 11.2 Å². The highest BCUT2D eigenvalue weighted by atomic mass is 32.2. The number of carbonyl (C=O) groups excluding carboxylic acids is 1. The second kappa shape index (κ2) is 9.06. The third kappa shape index (κ3) is 6.04. The van der Waals surface area contributed by atoms with Gasteiger partial charge in [-0.15, -0.1) is 6.42 Å². The van der Waals surface area contributed by atoms with E-state index in [9.17, 15) is 13.2 Å². The van der Waals surface area contributed by atoms with E-state index in [-0.39, 0.29) is 18.5 Å². The number of amides is 2. The first kappa shape index (κ1) is 20.3. The van der Waals surface area contributed by atoms with E-state index in [1.165, 1.54) is 16.1 Å². The first-order valence-electron chi connectivity index (χ1n) is 8.76. The molecule has 1 aliphatic heterocycles. The van der Waals surface area contributed by atoms with Crippen LogP contribution in [0.3, 0.4) is 0 Å². The lowest BCUT2D eigenvalue weighted by Gasteiger charge is -2.31. The van der Waals surface area contributed by atoms with Crippen LogP contribution in [0.5, 0.6) is 0 Å². The number of piperidine rings is 1. The Bertz CT molecular complexity index is 745. The second-order valence-electron chi connectivity index (χ2n) is 6.84. The molecule has 1 saturated heterocycles. The molecule has 2 amide bonds. The van der Waals surface area contributed by atoms with Crippen LogP contribution < -0.4 is 5.32 Å². The van der Waals surface area contributed by atoms with Crippen LogP contribution >= 0.6 is 0 Å². The van der Waals surface area contributed by atoms with Crippen LogP contribution in [-0.2, 0) is 16.6 Å². The topological polar surface area (TPSA) is 69.7 Å². The summed E-state index contributed by atoms with van der Waals surface area (Å²) in [5.74, 6) is 2.81. The van der Waals surface area contributed by atoms with Crippen molar-refractivity contribution >= 4 is 16.1 Å². The van der Waals surface area contributed by atoms with E-state index in [1.54, 1.807) is 4.90 Å². The minimum atomic E-state index is -3.12. The van der Waals surface area contributed by atoms with Crippen LogP contribution in [0.25, 0.3) is 0 Å². The summed E-state index contributed by atoms with van der Waals surface area (Å²) in [5.41, 5.74) is 2.20. The van der Waals surface area contributed by atoms with Crippen molar-refractivity contribution in [2.45, 2.75) is 26.3 Å². The number of urea groups is 1. The highest BCUT2D eigenvalue weighted by Crippen LogP contribution is 2.18. The lowest BCUT2D eigenvalue weighted by molar-refractivity contribution is 0.195. The number of sulfonamides is 1. The summed E-state index contributed by atoms with van der Waals surface area (Å²) in [5, 5.41) is 2.95. The van der Waals surface area contributed by atoms with Crippen molar-refractivity contribution in [2.75, 3.05) is 32.4 Å². The number of nitrogens with zero attached hydrogens (tertiary/aromatic N) is 2. The van der Waals surface area contributed by atoms with Gasteiger partial charge in [0.2, 0.25) is 10.0 Å². The summed E-state index contributed by atoms with van der Waals surface area (Å²) in [6.07, 6.45) is 8.14. The zero-order valence-corrected chi connectivity index (χ0v) is 16.3. The van der Waals surface area contributed by atoms with Crippen molar-refractivity contribution in [3.63, 3.8) is 0 Å². The van der Waals surface area contributed by atoms with Crippen molar-refractivity contribution in [3.05, 3.63) is 35.4 Å². The monoisotopic (exact) mass is 377 g/mol. The Hall–Kier alpha value is -2.04. The molecule has 0 spiro atoms. The predicted molar refractivity (Wildman–Crippen MR) is 103 cm³/mol. The van der Waals surface area contributed by atoms with Gasteiger partial charge in [-0.3, -0.25) is 0 Å². The Labute approximate surface area is 156 Å². The van der Waals surface area contributed by atoms with Gasteiger partial charge in [0.25, 0.3) is 0 Å². The molecule has 0 aromatic heterocycles. The Morgan fingerprint density at radius 2 is 1.92 bits per heavy atom. The molecule has 2 rings (SSSR count). The molecule has 1 fully saturated rings. The Kier molecular flexibility index (Phi) is 7.06. The molecule has 0 bridgehead atoms. The molecule has 6 nitrogen and oxygen atoms in total. The molecule has 7 heteroatoms. The maximum absolute atomic E-state index is 12.5. The summed E-state index contributed by atoms with van der Waals surface area (Å²) in [7, 11) is -3.12. The quantitative estimate of drug-likeness (QED) is 0.769. The molecule has 1 N–H and O–H groups in total. The number of rotatable bonds is 6. The predicted octanol–water partition coefficient (Wildman–Crippen LogP) is 1.81. The van der Waals surface area contributed by atoms with Crippen molar-refractivity contribution in [1.82, 2.24) is 14.5 Å². The van der Waals surface area contributed by atoms with Gasteiger partial charge in [-0.05, 0) is 31.2 Å². The number of hydrogen-bond acceptors (Lipinski definition) is 3. The first-order chi connectivity index (χ1) is 12.3. The number of benzene rings is 1. The smallest absolute Gasteiger partial charge is 0.318 e. The molecule has 0 aliphatic carbocycles. The fourth-order valence-corrected chi connectivity index (χ4v) is 3.89. The number of nitrogens with one attached hydrogen (secondary N) is 1. The highest BCUT2D eigenvalue weighted by Gasteiger charge is 2.25. The van der Waals surface area contributed by atoms with Gasteiger partial charge in [-0.1, -0.05) is 35.7 Å². The molecular weight excluding hydrogens is 350 g/mol. The Morgan fingerprint density at radius 1 is 1.31 bits per heavy atom. The first-order valence-corrected chi connectivity index (χ1v) is 10.6. The van der Waals surface area contributed by atoms with E-state index >= 15 is 0 Å². The van der Waals surface area contributed by atoms with E-state index in [1.807, 2.05) is 31.2 Å². The third-order valence-corrected chi connectivity index (χ3v) is 5.95. The summed E-state index contributed by atoms with van der Waals surface area (Å²) >= 11 is 0. The van der Waals surface area contributed by atoms with Crippen LogP contribution in [0, 0.1) is 25.2 Å². The molecule has 1 heterocycles. The molecule has 1 aliphatic rings. The fourth-order valence-electron chi connectivity index (χ4n) is 3.01. The Morgan fingerprint density at radius 3 is 2.46 bits per heavy atom. The van der Waals surface area contributed by atoms with E-state index in [4.69, 9.17) is 6.42 Å². The molecule has 0 unspecified atom stereocenters. The van der Waals surface area contributed by atoms with Crippen LogP contribution in [0.2, 0.25) is 0 Å². The summed E-state index contributed by atoms with van der Waals surface area (Å²) in [6, 6.07) is 7.82.